The number of hydrogen-bond donors (Lipinski definition) is 2. The number of carbonyl (C=O) groups is 1. The van der Waals surface area contributed by atoms with Crippen LogP contribution in [0.3, 0.4) is 0 Å². The summed E-state index contributed by atoms with van der Waals surface area (Å²) in [7, 11) is 1.75. The molecule has 2 aliphatic heterocycles. The molecule has 0 radical (unpaired) electrons. The molecule has 1 unspecified atom stereocenters. The second-order valence-corrected chi connectivity index (χ2v) is 6.16. The largest absolute Gasteiger partial charge is 0.381 e. The van der Waals surface area contributed by atoms with Crippen molar-refractivity contribution in [2.75, 3.05) is 45.2 Å². The van der Waals surface area contributed by atoms with Gasteiger partial charge >= 0.3 is 0 Å². The van der Waals surface area contributed by atoms with Gasteiger partial charge in [-0.3, -0.25) is 14.8 Å². The van der Waals surface area contributed by atoms with Crippen LogP contribution in [0.25, 0.3) is 0 Å². The lowest BCUT2D eigenvalue weighted by Gasteiger charge is -2.24. The van der Waals surface area contributed by atoms with Crippen LogP contribution in [-0.2, 0) is 9.53 Å². The molecular weight excluding hydrogens is 294 g/mol. The first kappa shape index (κ1) is 15.7. The zero-order chi connectivity index (χ0) is 16.1. The van der Waals surface area contributed by atoms with Gasteiger partial charge in [-0.15, -0.1) is 0 Å². The van der Waals surface area contributed by atoms with E-state index < -0.39 is 0 Å². The van der Waals surface area contributed by atoms with E-state index in [-0.39, 0.29) is 17.9 Å². The first-order valence-electron chi connectivity index (χ1n) is 7.94. The number of rotatable bonds is 3. The number of aromatic nitrogens is 1. The highest BCUT2D eigenvalue weighted by Gasteiger charge is 2.42. The van der Waals surface area contributed by atoms with Crippen molar-refractivity contribution in [3.63, 3.8) is 0 Å². The Labute approximate surface area is 136 Å². The summed E-state index contributed by atoms with van der Waals surface area (Å²) < 4.78 is 5.55. The molecule has 0 aliphatic carbocycles. The molecule has 2 N–H and O–H groups in total. The van der Waals surface area contributed by atoms with E-state index in [1.54, 1.807) is 25.5 Å². The number of pyridine rings is 1. The van der Waals surface area contributed by atoms with Crippen molar-refractivity contribution >= 4 is 17.6 Å². The van der Waals surface area contributed by atoms with Gasteiger partial charge in [-0.05, 0) is 25.0 Å². The molecule has 2 saturated heterocycles. The smallest absolute Gasteiger partial charge is 0.243 e. The standard InChI is InChI=1S/C16H23N5O2/c1-17-15(21-7-4-16(11-21)5-8-23-12-16)19-10-14(22)20-13-3-2-6-18-9-13/h2-3,6,9H,4-5,7-8,10-12H2,1H3,(H,17,19)(H,20,22). The van der Waals surface area contributed by atoms with E-state index >= 15 is 0 Å². The number of guanidine groups is 1. The van der Waals surface area contributed by atoms with Crippen molar-refractivity contribution in [3.05, 3.63) is 24.5 Å². The third-order valence-electron chi connectivity index (χ3n) is 4.49. The van der Waals surface area contributed by atoms with E-state index in [1.165, 1.54) is 0 Å². The van der Waals surface area contributed by atoms with E-state index in [9.17, 15) is 4.79 Å². The van der Waals surface area contributed by atoms with Gasteiger partial charge < -0.3 is 20.3 Å². The van der Waals surface area contributed by atoms with Gasteiger partial charge in [0.1, 0.15) is 0 Å². The van der Waals surface area contributed by atoms with Crippen molar-refractivity contribution < 1.29 is 9.53 Å². The zero-order valence-electron chi connectivity index (χ0n) is 13.4. The Bertz CT molecular complexity index is 569. The van der Waals surface area contributed by atoms with E-state index in [1.807, 2.05) is 6.07 Å². The minimum atomic E-state index is -0.114. The van der Waals surface area contributed by atoms with E-state index in [4.69, 9.17) is 4.74 Å². The minimum Gasteiger partial charge on any atom is -0.381 e. The summed E-state index contributed by atoms with van der Waals surface area (Å²) in [6, 6.07) is 3.60. The van der Waals surface area contributed by atoms with Gasteiger partial charge in [0, 0.05) is 38.4 Å². The summed E-state index contributed by atoms with van der Waals surface area (Å²) in [4.78, 5) is 22.5. The van der Waals surface area contributed by atoms with Gasteiger partial charge in [-0.2, -0.15) is 0 Å². The summed E-state index contributed by atoms with van der Waals surface area (Å²) in [6.45, 7) is 3.76. The molecular formula is C16H23N5O2. The number of amides is 1. The number of ether oxygens (including phenoxy) is 1. The summed E-state index contributed by atoms with van der Waals surface area (Å²) in [6.07, 6.45) is 5.53. The number of aliphatic imine (C=N–C) groups is 1. The number of carbonyl (C=O) groups excluding carboxylic acids is 1. The predicted molar refractivity (Wildman–Crippen MR) is 88.3 cm³/mol. The Hall–Kier alpha value is -2.15. The molecule has 2 fully saturated rings. The molecule has 1 spiro atoms. The normalized spacial score (nSPS) is 24.2. The lowest BCUT2D eigenvalue weighted by molar-refractivity contribution is -0.115. The Morgan fingerprint density at radius 3 is 3.13 bits per heavy atom. The molecule has 1 aromatic heterocycles. The Kier molecular flexibility index (Phi) is 4.76. The number of nitrogens with one attached hydrogen (secondary N) is 2. The molecule has 124 valence electrons. The Morgan fingerprint density at radius 1 is 1.52 bits per heavy atom. The quantitative estimate of drug-likeness (QED) is 0.634. The van der Waals surface area contributed by atoms with Crippen molar-refractivity contribution in [1.82, 2.24) is 15.2 Å². The molecule has 0 bridgehead atoms. The van der Waals surface area contributed by atoms with Crippen LogP contribution in [0, 0.1) is 5.41 Å². The first-order valence-corrected chi connectivity index (χ1v) is 7.94. The van der Waals surface area contributed by atoms with E-state index in [0.717, 1.165) is 45.1 Å². The highest BCUT2D eigenvalue weighted by Crippen LogP contribution is 2.38. The van der Waals surface area contributed by atoms with Crippen molar-refractivity contribution in [3.8, 4) is 0 Å². The molecule has 1 atom stereocenters. The van der Waals surface area contributed by atoms with E-state index in [2.05, 4.69) is 25.5 Å². The molecule has 7 nitrogen and oxygen atoms in total. The average molecular weight is 317 g/mol. The molecule has 1 amide bonds. The van der Waals surface area contributed by atoms with Crippen molar-refractivity contribution in [2.45, 2.75) is 12.8 Å². The highest BCUT2D eigenvalue weighted by molar-refractivity contribution is 5.94. The molecule has 1 aromatic rings. The van der Waals surface area contributed by atoms with Crippen molar-refractivity contribution in [1.29, 1.82) is 0 Å². The second-order valence-electron chi connectivity index (χ2n) is 6.16. The van der Waals surface area contributed by atoms with Gasteiger partial charge in [0.15, 0.2) is 5.96 Å². The third kappa shape index (κ3) is 3.79. The molecule has 7 heteroatoms. The fourth-order valence-electron chi connectivity index (χ4n) is 3.22. The SMILES string of the molecule is CN=C(NCC(=O)Nc1cccnc1)N1CCC2(CCOC2)C1. The monoisotopic (exact) mass is 317 g/mol. The third-order valence-corrected chi connectivity index (χ3v) is 4.49. The van der Waals surface area contributed by atoms with Gasteiger partial charge in [0.25, 0.3) is 0 Å². The van der Waals surface area contributed by atoms with Gasteiger partial charge in [0.2, 0.25) is 5.91 Å². The topological polar surface area (TPSA) is 78.8 Å². The van der Waals surface area contributed by atoms with Gasteiger partial charge in [-0.1, -0.05) is 0 Å². The fraction of sp³-hybridized carbons (Fsp3) is 0.562. The van der Waals surface area contributed by atoms with E-state index in [0.29, 0.717) is 5.69 Å². The molecule has 3 heterocycles. The van der Waals surface area contributed by atoms with Gasteiger partial charge in [-0.25, -0.2) is 0 Å². The van der Waals surface area contributed by atoms with Crippen LogP contribution in [0.2, 0.25) is 0 Å². The number of hydrogen-bond acceptors (Lipinski definition) is 4. The number of nitrogens with zero attached hydrogens (tertiary/aromatic N) is 3. The Balaban J connectivity index is 1.49. The lowest BCUT2D eigenvalue weighted by Crippen LogP contribution is -2.44. The first-order chi connectivity index (χ1) is 11.2. The molecule has 3 rings (SSSR count). The van der Waals surface area contributed by atoms with Crippen LogP contribution in [0.4, 0.5) is 5.69 Å². The van der Waals surface area contributed by atoms with Crippen LogP contribution in [0.15, 0.2) is 29.5 Å². The highest BCUT2D eigenvalue weighted by atomic mass is 16.5. The maximum absolute atomic E-state index is 12.0. The predicted octanol–water partition coefficient (Wildman–Crippen LogP) is 0.708. The summed E-state index contributed by atoms with van der Waals surface area (Å²) in [5.41, 5.74) is 0.966. The van der Waals surface area contributed by atoms with Crippen LogP contribution < -0.4 is 10.6 Å². The number of likely N-dealkylation sites (tertiary alicyclic amines) is 1. The second kappa shape index (κ2) is 6.95. The summed E-state index contributed by atoms with van der Waals surface area (Å²) in [5.74, 6) is 0.660. The summed E-state index contributed by atoms with van der Waals surface area (Å²) >= 11 is 0. The molecule has 0 saturated carbocycles. The molecule has 0 aromatic carbocycles. The molecule has 23 heavy (non-hydrogen) atoms. The van der Waals surface area contributed by atoms with Crippen LogP contribution >= 0.6 is 0 Å². The van der Waals surface area contributed by atoms with Crippen LogP contribution in [0.5, 0.6) is 0 Å². The van der Waals surface area contributed by atoms with Crippen LogP contribution in [-0.4, -0.2) is 61.6 Å². The van der Waals surface area contributed by atoms with Crippen molar-refractivity contribution in [2.24, 2.45) is 10.4 Å². The number of anilines is 1. The lowest BCUT2D eigenvalue weighted by atomic mass is 9.87. The Morgan fingerprint density at radius 2 is 2.43 bits per heavy atom. The average Bonchev–Trinajstić information content (AvgIpc) is 3.20. The zero-order valence-corrected chi connectivity index (χ0v) is 13.4. The maximum Gasteiger partial charge on any atom is 0.243 e. The molecule has 2 aliphatic rings. The maximum atomic E-state index is 12.0. The van der Waals surface area contributed by atoms with Crippen LogP contribution in [0.1, 0.15) is 12.8 Å². The fourth-order valence-corrected chi connectivity index (χ4v) is 3.22. The van der Waals surface area contributed by atoms with Gasteiger partial charge in [0.05, 0.1) is 25.0 Å². The minimum absolute atomic E-state index is 0.114. The summed E-state index contributed by atoms with van der Waals surface area (Å²) in [5, 5.41) is 5.94.